The van der Waals surface area contributed by atoms with Gasteiger partial charge in [0, 0.05) is 36.0 Å². The quantitative estimate of drug-likeness (QED) is 0.164. The molecule has 3 aromatic carbocycles. The zero-order chi connectivity index (χ0) is 38.6. The van der Waals surface area contributed by atoms with Gasteiger partial charge < -0.3 is 14.2 Å². The molecule has 53 heavy (non-hydrogen) atoms. The summed E-state index contributed by atoms with van der Waals surface area (Å²) in [5.74, 6) is -0.247. The number of carbonyl (C=O) groups excluding carboxylic acids is 2. The topological polar surface area (TPSA) is 123 Å². The number of anilines is 1. The molecule has 11 nitrogen and oxygen atoms in total. The molecule has 0 saturated carbocycles. The lowest BCUT2D eigenvalue weighted by molar-refractivity contribution is -0.137. The largest absolute Gasteiger partial charge is 0.443 e. The summed E-state index contributed by atoms with van der Waals surface area (Å²) < 4.78 is 52.2. The molecule has 0 spiro atoms. The van der Waals surface area contributed by atoms with E-state index in [1.54, 1.807) is 56.9 Å². The fourth-order valence-corrected chi connectivity index (χ4v) is 6.14. The average molecular weight is 770 g/mol. The Kier molecular flexibility index (Phi) is 9.90. The van der Waals surface area contributed by atoms with Gasteiger partial charge in [-0.3, -0.25) is 14.5 Å². The van der Waals surface area contributed by atoms with Crippen molar-refractivity contribution in [3.05, 3.63) is 109 Å². The second kappa shape index (κ2) is 14.0. The first kappa shape index (κ1) is 37.5. The maximum Gasteiger partial charge on any atom is 0.416 e. The summed E-state index contributed by atoms with van der Waals surface area (Å²) in [6.07, 6.45) is -5.02. The summed E-state index contributed by atoms with van der Waals surface area (Å²) in [5, 5.41) is 5.03. The highest BCUT2D eigenvalue weighted by Gasteiger charge is 2.33. The standard InChI is InChI=1S/C37H33Cl2F3N6O5/c1-19-15-26-29(18-47(19)32(49)22-9-14-27(38)28(39)16-22)44-34(43-20(2)21-7-10-23(11-8-21)37(40,41)42)48(33(26)50)24-12-13-25-30(17-24)53-45-31(25)46(6)35(51)52-36(3,4)5/h7-14,16-17,19H,15,18H2,1-6H3/b43-20+/t19-/m1/s1. The van der Waals surface area contributed by atoms with Gasteiger partial charge >= 0.3 is 12.3 Å². The number of aromatic nitrogens is 3. The van der Waals surface area contributed by atoms with Crippen LogP contribution in [0, 0.1) is 0 Å². The number of amides is 2. The van der Waals surface area contributed by atoms with Crippen LogP contribution in [0.4, 0.5) is 29.7 Å². The van der Waals surface area contributed by atoms with Crippen LogP contribution >= 0.6 is 23.2 Å². The van der Waals surface area contributed by atoms with Crippen molar-refractivity contribution in [2.75, 3.05) is 11.9 Å². The van der Waals surface area contributed by atoms with E-state index in [9.17, 15) is 27.6 Å². The molecular weight excluding hydrogens is 736 g/mol. The van der Waals surface area contributed by atoms with Crippen LogP contribution in [0.15, 0.2) is 75.0 Å². The maximum absolute atomic E-state index is 14.4. The van der Waals surface area contributed by atoms with Gasteiger partial charge in [0.05, 0.1) is 38.9 Å². The van der Waals surface area contributed by atoms with E-state index < -0.39 is 35.0 Å². The fourth-order valence-electron chi connectivity index (χ4n) is 5.85. The van der Waals surface area contributed by atoms with E-state index in [0.717, 1.165) is 12.1 Å². The number of benzene rings is 3. The number of hydrogen-bond donors (Lipinski definition) is 0. The van der Waals surface area contributed by atoms with Crippen molar-refractivity contribution in [1.29, 1.82) is 0 Å². The van der Waals surface area contributed by atoms with E-state index in [1.165, 1.54) is 40.8 Å². The summed E-state index contributed by atoms with van der Waals surface area (Å²) >= 11 is 12.3. The van der Waals surface area contributed by atoms with Gasteiger partial charge in [0.2, 0.25) is 5.95 Å². The summed E-state index contributed by atoms with van der Waals surface area (Å²) in [6, 6.07) is 13.4. The lowest BCUT2D eigenvalue weighted by Crippen LogP contribution is -2.45. The van der Waals surface area contributed by atoms with Crippen LogP contribution in [-0.4, -0.2) is 56.0 Å². The van der Waals surface area contributed by atoms with Crippen LogP contribution in [-0.2, 0) is 23.9 Å². The summed E-state index contributed by atoms with van der Waals surface area (Å²) in [6.45, 7) is 8.57. The Morgan fingerprint density at radius 1 is 1.00 bits per heavy atom. The highest BCUT2D eigenvalue weighted by molar-refractivity contribution is 6.42. The third kappa shape index (κ3) is 7.65. The summed E-state index contributed by atoms with van der Waals surface area (Å²) in [5.41, 5.74) is 0.0824. The molecule has 5 aromatic rings. The van der Waals surface area contributed by atoms with Gasteiger partial charge in [-0.05, 0) is 89.1 Å². The first-order valence-corrected chi connectivity index (χ1v) is 17.1. The number of hydrogen-bond acceptors (Lipinski definition) is 8. The first-order chi connectivity index (χ1) is 24.8. The fraction of sp³-hybridized carbons (Fsp3) is 0.297. The molecule has 0 radical (unpaired) electrons. The van der Waals surface area contributed by atoms with E-state index in [2.05, 4.69) is 10.1 Å². The van der Waals surface area contributed by atoms with E-state index in [1.807, 2.05) is 6.92 Å². The molecule has 16 heteroatoms. The van der Waals surface area contributed by atoms with Crippen molar-refractivity contribution in [3.63, 3.8) is 0 Å². The van der Waals surface area contributed by atoms with Gasteiger partial charge in [-0.25, -0.2) is 19.3 Å². The van der Waals surface area contributed by atoms with Crippen LogP contribution in [0.25, 0.3) is 16.7 Å². The van der Waals surface area contributed by atoms with Crippen molar-refractivity contribution in [3.8, 4) is 5.69 Å². The Balaban J connectivity index is 1.45. The third-order valence-electron chi connectivity index (χ3n) is 8.60. The van der Waals surface area contributed by atoms with E-state index in [0.29, 0.717) is 38.5 Å². The van der Waals surface area contributed by atoms with Gasteiger partial charge in [0.25, 0.3) is 11.5 Å². The van der Waals surface area contributed by atoms with Crippen LogP contribution in [0.3, 0.4) is 0 Å². The average Bonchev–Trinajstić information content (AvgIpc) is 3.51. The predicted molar refractivity (Wildman–Crippen MR) is 195 cm³/mol. The van der Waals surface area contributed by atoms with Crippen LogP contribution in [0.2, 0.25) is 10.0 Å². The van der Waals surface area contributed by atoms with Gasteiger partial charge in [0.15, 0.2) is 11.4 Å². The SMILES string of the molecule is C/C(=N\c1nc2c(c(=O)n1-c1ccc3c(N(C)C(=O)OC(C)(C)C)noc3c1)C[C@@H](C)N(C(=O)c1ccc(Cl)c(Cl)c1)C2)c1ccc(C(F)(F)F)cc1. The first-order valence-electron chi connectivity index (χ1n) is 16.3. The summed E-state index contributed by atoms with van der Waals surface area (Å²) in [4.78, 5) is 53.0. The molecule has 0 fully saturated rings. The Morgan fingerprint density at radius 2 is 1.68 bits per heavy atom. The number of fused-ring (bicyclic) bond motifs is 2. The molecule has 2 aromatic heterocycles. The Hall–Kier alpha value is -5.21. The second-order valence-corrected chi connectivity index (χ2v) is 14.4. The van der Waals surface area contributed by atoms with Crippen LogP contribution in [0.1, 0.15) is 67.4 Å². The molecular formula is C37H33Cl2F3N6O5. The molecule has 1 atom stereocenters. The molecule has 0 aliphatic carbocycles. The molecule has 1 aliphatic rings. The van der Waals surface area contributed by atoms with E-state index >= 15 is 0 Å². The van der Waals surface area contributed by atoms with Gasteiger partial charge in [0.1, 0.15) is 5.60 Å². The number of halogens is 5. The number of rotatable bonds is 5. The highest BCUT2D eigenvalue weighted by atomic mass is 35.5. The molecule has 1 aliphatic heterocycles. The van der Waals surface area contributed by atoms with E-state index in [-0.39, 0.29) is 47.0 Å². The number of aliphatic imine (C=N–C) groups is 1. The number of carbonyl (C=O) groups is 2. The molecule has 0 unspecified atom stereocenters. The van der Waals surface area contributed by atoms with Crippen molar-refractivity contribution in [2.24, 2.45) is 4.99 Å². The number of ether oxygens (including phenoxy) is 1. The number of alkyl halides is 3. The van der Waals surface area contributed by atoms with Crippen LogP contribution < -0.4 is 10.5 Å². The molecule has 6 rings (SSSR count). The zero-order valence-electron chi connectivity index (χ0n) is 29.4. The van der Waals surface area contributed by atoms with Crippen molar-refractivity contribution < 1.29 is 32.0 Å². The minimum Gasteiger partial charge on any atom is -0.443 e. The van der Waals surface area contributed by atoms with E-state index in [4.69, 9.17) is 37.4 Å². The minimum atomic E-state index is -4.52. The third-order valence-corrected chi connectivity index (χ3v) is 9.34. The molecule has 0 N–H and O–H groups in total. The van der Waals surface area contributed by atoms with Crippen LogP contribution in [0.5, 0.6) is 0 Å². The lowest BCUT2D eigenvalue weighted by Gasteiger charge is -2.34. The van der Waals surface area contributed by atoms with Crippen molar-refractivity contribution >= 4 is 63.6 Å². The van der Waals surface area contributed by atoms with Crippen molar-refractivity contribution in [2.45, 2.75) is 65.4 Å². The summed E-state index contributed by atoms with van der Waals surface area (Å²) in [7, 11) is 1.49. The highest BCUT2D eigenvalue weighted by Crippen LogP contribution is 2.32. The zero-order valence-corrected chi connectivity index (χ0v) is 30.9. The molecule has 0 bridgehead atoms. The van der Waals surface area contributed by atoms with Crippen molar-refractivity contribution in [1.82, 2.24) is 19.6 Å². The monoisotopic (exact) mass is 768 g/mol. The normalized spacial score (nSPS) is 15.0. The smallest absolute Gasteiger partial charge is 0.416 e. The van der Waals surface area contributed by atoms with Gasteiger partial charge in [-0.15, -0.1) is 0 Å². The molecule has 276 valence electrons. The molecule has 2 amide bonds. The van der Waals surface area contributed by atoms with Gasteiger partial charge in [-0.1, -0.05) is 40.5 Å². The minimum absolute atomic E-state index is 0.0327. The molecule has 0 saturated heterocycles. The lowest BCUT2D eigenvalue weighted by atomic mass is 9.98. The molecule has 3 heterocycles. The number of nitrogens with zero attached hydrogens (tertiary/aromatic N) is 6. The Labute approximate surface area is 311 Å². The van der Waals surface area contributed by atoms with Gasteiger partial charge in [-0.2, -0.15) is 13.2 Å². The Morgan fingerprint density at radius 3 is 2.32 bits per heavy atom. The maximum atomic E-state index is 14.4. The second-order valence-electron chi connectivity index (χ2n) is 13.6. The Bertz CT molecular complexity index is 2350. The predicted octanol–water partition coefficient (Wildman–Crippen LogP) is 8.80.